The van der Waals surface area contributed by atoms with E-state index in [2.05, 4.69) is 0 Å². The van der Waals surface area contributed by atoms with Crippen LogP contribution in [0.4, 0.5) is 17.1 Å². The van der Waals surface area contributed by atoms with Crippen LogP contribution >= 0.6 is 0 Å². The number of hydrogen-bond acceptors (Lipinski definition) is 1. The van der Waals surface area contributed by atoms with Gasteiger partial charge in [0.05, 0.1) is 33.0 Å². The third-order valence-electron chi connectivity index (χ3n) is 6.98. The van der Waals surface area contributed by atoms with Gasteiger partial charge >= 0.3 is 0 Å². The number of fused-ring (bicyclic) bond motifs is 4. The van der Waals surface area contributed by atoms with Crippen LogP contribution in [0.5, 0.6) is 0 Å². The first kappa shape index (κ1) is 12.9. The molecule has 7 aromatic carbocycles. The van der Waals surface area contributed by atoms with Gasteiger partial charge in [-0.1, -0.05) is 103 Å². The lowest BCUT2D eigenvalue weighted by Crippen LogP contribution is -2.09. The van der Waals surface area contributed by atoms with Crippen LogP contribution in [0.15, 0.2) is 169 Å². The van der Waals surface area contributed by atoms with Crippen LogP contribution in [-0.2, 0) is 0 Å². The normalized spacial score (nSPS) is 16.7. The maximum absolute atomic E-state index is 9.67. The quantitative estimate of drug-likeness (QED) is 0.206. The molecule has 2 nitrogen and oxygen atoms in total. The number of benzene rings is 7. The molecule has 0 amide bonds. The summed E-state index contributed by atoms with van der Waals surface area (Å²) in [5.74, 6) is 0. The summed E-state index contributed by atoms with van der Waals surface area (Å²) in [5, 5.41) is 0.535. The first-order valence-corrected chi connectivity index (χ1v) is 13.1. The Bertz CT molecular complexity index is 3060. The number of anilines is 3. The Hall–Kier alpha value is -5.60. The van der Waals surface area contributed by atoms with E-state index in [0.29, 0.717) is 10.3 Å². The first-order chi connectivity index (χ1) is 27.5. The lowest BCUT2D eigenvalue weighted by Gasteiger charge is -2.26. The van der Waals surface area contributed by atoms with E-state index in [1.807, 2.05) is 59.2 Å². The summed E-state index contributed by atoms with van der Waals surface area (Å²) in [6, 6.07) is 9.88. The molecule has 0 fully saturated rings. The average molecular weight is 553 g/mol. The van der Waals surface area contributed by atoms with Gasteiger partial charge in [-0.25, -0.2) is 0 Å². The summed E-state index contributed by atoms with van der Waals surface area (Å²) in [6.45, 7) is 0. The highest BCUT2D eigenvalue weighted by atomic mass is 15.1. The number of rotatable bonds is 5. The Kier molecular flexibility index (Phi) is 3.11. The zero-order chi connectivity index (χ0) is 41.8. The van der Waals surface area contributed by atoms with Gasteiger partial charge in [-0.15, -0.1) is 0 Å². The molecule has 0 aliphatic rings. The number of hydrogen-bond donors (Lipinski definition) is 0. The minimum Gasteiger partial charge on any atom is -0.310 e. The van der Waals surface area contributed by atoms with Gasteiger partial charge < -0.3 is 9.47 Å². The van der Waals surface area contributed by atoms with Crippen molar-refractivity contribution in [2.45, 2.75) is 0 Å². The van der Waals surface area contributed by atoms with Crippen LogP contribution in [0.2, 0.25) is 0 Å². The zero-order valence-electron chi connectivity index (χ0n) is 37.8. The third kappa shape index (κ3) is 4.13. The summed E-state index contributed by atoms with van der Waals surface area (Å²) in [5.41, 5.74) is 0.409. The molecule has 0 N–H and O–H groups in total. The summed E-state index contributed by atoms with van der Waals surface area (Å²) in [4.78, 5) is 0.690. The number of nitrogens with zero attached hydrogens (tertiary/aromatic N) is 2. The molecule has 0 saturated heterocycles. The van der Waals surface area contributed by atoms with Gasteiger partial charge in [-0.2, -0.15) is 0 Å². The van der Waals surface area contributed by atoms with Crippen LogP contribution < -0.4 is 4.90 Å². The molecular weight excluding hydrogens is 508 g/mol. The van der Waals surface area contributed by atoms with Crippen molar-refractivity contribution in [3.05, 3.63) is 169 Å². The maximum atomic E-state index is 9.67. The van der Waals surface area contributed by atoms with E-state index < -0.39 is 125 Å². The van der Waals surface area contributed by atoms with E-state index in [1.54, 1.807) is 18.2 Å². The van der Waals surface area contributed by atoms with Gasteiger partial charge in [0.15, 0.2) is 0 Å². The van der Waals surface area contributed by atoms with E-state index in [-0.39, 0.29) is 11.1 Å². The molecule has 42 heavy (non-hydrogen) atoms. The molecule has 0 radical (unpaired) electrons. The fourth-order valence-electron chi connectivity index (χ4n) is 5.15. The molecule has 0 aliphatic carbocycles. The van der Waals surface area contributed by atoms with Crippen LogP contribution in [0.25, 0.3) is 49.4 Å². The molecule has 0 aliphatic heterocycles. The fourth-order valence-corrected chi connectivity index (χ4v) is 5.15. The monoisotopic (exact) mass is 552 g/mol. The molecule has 1 aromatic heterocycles. The van der Waals surface area contributed by atoms with E-state index in [1.165, 1.54) is 0 Å². The van der Waals surface area contributed by atoms with Crippen molar-refractivity contribution in [2.75, 3.05) is 4.90 Å². The van der Waals surface area contributed by atoms with Gasteiger partial charge in [0, 0.05) is 33.5 Å². The lowest BCUT2D eigenvalue weighted by atomic mass is 10.0. The summed E-state index contributed by atoms with van der Waals surface area (Å²) in [6.07, 6.45) is 0. The minimum atomic E-state index is -0.886. The Morgan fingerprint density at radius 3 is 2.07 bits per heavy atom. The molecule has 198 valence electrons. The van der Waals surface area contributed by atoms with E-state index in [9.17, 15) is 4.11 Å². The number of para-hydroxylation sites is 3. The van der Waals surface area contributed by atoms with Crippen molar-refractivity contribution < 1.29 is 21.9 Å². The number of aromatic nitrogens is 1. The lowest BCUT2D eigenvalue weighted by molar-refractivity contribution is 1.18. The van der Waals surface area contributed by atoms with Gasteiger partial charge in [0.1, 0.15) is 0 Å². The fraction of sp³-hybridized carbons (Fsp3) is 0. The topological polar surface area (TPSA) is 8.17 Å². The molecule has 8 aromatic rings. The van der Waals surface area contributed by atoms with Crippen molar-refractivity contribution in [1.82, 2.24) is 4.57 Å². The highest BCUT2D eigenvalue weighted by Gasteiger charge is 2.16. The molecular formula is C40H28N2. The molecule has 0 atom stereocenters. The van der Waals surface area contributed by atoms with Crippen molar-refractivity contribution in [3.8, 4) is 16.8 Å². The molecule has 0 saturated carbocycles. The van der Waals surface area contributed by atoms with Gasteiger partial charge in [-0.3, -0.25) is 0 Å². The van der Waals surface area contributed by atoms with Crippen LogP contribution in [0.1, 0.15) is 21.9 Å². The molecule has 2 heteroatoms. The summed E-state index contributed by atoms with van der Waals surface area (Å²) >= 11 is 0. The highest BCUT2D eigenvalue weighted by molar-refractivity contribution is 6.10. The largest absolute Gasteiger partial charge is 0.310 e. The third-order valence-corrected chi connectivity index (χ3v) is 6.98. The van der Waals surface area contributed by atoms with Crippen molar-refractivity contribution in [1.29, 1.82) is 0 Å². The van der Waals surface area contributed by atoms with E-state index in [4.69, 9.17) is 17.8 Å². The van der Waals surface area contributed by atoms with Gasteiger partial charge in [0.2, 0.25) is 0 Å². The predicted octanol–water partition coefficient (Wildman–Crippen LogP) is 11.1. The summed E-state index contributed by atoms with van der Waals surface area (Å²) in [7, 11) is 0. The molecule has 0 bridgehead atoms. The zero-order valence-corrected chi connectivity index (χ0v) is 21.8. The predicted molar refractivity (Wildman–Crippen MR) is 178 cm³/mol. The average Bonchev–Trinajstić information content (AvgIpc) is 3.55. The second-order valence-corrected chi connectivity index (χ2v) is 9.43. The molecule has 0 spiro atoms. The summed E-state index contributed by atoms with van der Waals surface area (Å²) < 4.78 is 143. The van der Waals surface area contributed by atoms with Crippen LogP contribution in [0.3, 0.4) is 0 Å². The second kappa shape index (κ2) is 10.1. The van der Waals surface area contributed by atoms with Gasteiger partial charge in [-0.05, 0) is 88.5 Å². The Morgan fingerprint density at radius 2 is 1.19 bits per heavy atom. The van der Waals surface area contributed by atoms with Crippen LogP contribution in [0, 0.1) is 0 Å². The Labute approximate surface area is 267 Å². The minimum absolute atomic E-state index is 0.196. The first-order valence-electron chi connectivity index (χ1n) is 21.1. The molecule has 0 unspecified atom stereocenters. The van der Waals surface area contributed by atoms with Crippen LogP contribution in [-0.4, -0.2) is 4.57 Å². The Balaban J connectivity index is 1.51. The molecule has 1 heterocycles. The maximum Gasteiger partial charge on any atom is 0.0651 e. The van der Waals surface area contributed by atoms with Crippen molar-refractivity contribution in [3.63, 3.8) is 0 Å². The van der Waals surface area contributed by atoms with Crippen molar-refractivity contribution >= 4 is 49.6 Å². The standard InChI is InChI=1S/C40H28N2/c1-3-15-33(16-4-1)41(36-24-22-29-12-7-8-13-30(29)26-36)35-19-11-14-31(27-35)32-23-25-40-38(28-32)37-20-9-10-21-39(37)42(40)34-17-5-2-6-18-34/h1-28H/i1D,3D,4D,7D,8D,11D,12D,13D,14D,15D,16D,19D,22D,24D,26D,27D. The smallest absolute Gasteiger partial charge is 0.0651 e. The van der Waals surface area contributed by atoms with Gasteiger partial charge in [0.25, 0.3) is 0 Å². The molecule has 8 rings (SSSR count). The Morgan fingerprint density at radius 1 is 0.476 bits per heavy atom. The van der Waals surface area contributed by atoms with E-state index >= 15 is 0 Å². The second-order valence-electron chi connectivity index (χ2n) is 9.43. The van der Waals surface area contributed by atoms with Crippen molar-refractivity contribution in [2.24, 2.45) is 0 Å². The highest BCUT2D eigenvalue weighted by Crippen LogP contribution is 2.39. The SMILES string of the molecule is [2H]c1c([2H])c([2H])c(N(c2c([2H])c([2H])c([2H])c(-c3ccc4c(c3)c3ccccc3n4-c3ccccc3)c2[2H])c2c([2H])c([2H])c3c([2H])c([2H])c([2H])c([2H])c3c2[2H])c([2H])c1[2H]. The van der Waals surface area contributed by atoms with E-state index in [0.717, 1.165) is 22.1 Å².